The van der Waals surface area contributed by atoms with Crippen molar-refractivity contribution in [2.75, 3.05) is 32.1 Å². The van der Waals surface area contributed by atoms with Crippen LogP contribution < -0.4 is 16.0 Å². The van der Waals surface area contributed by atoms with Crippen LogP contribution in [0.25, 0.3) is 0 Å². The SMILES string of the molecule is CC(C)C[C@H](NC(=O)c1ccc(N(C)C)cc1)C(=O)N1CC[C@@H]2[C@H]1C(=O)CN2C(=O)[C@@H](N)C1CCCCC1. The minimum atomic E-state index is -0.753. The standard InChI is InChI=1S/C29H43N5O4/c1-18(2)16-22(31-27(36)20-10-12-21(13-11-20)32(3)4)28(37)33-15-14-23-26(33)24(35)17-34(23)29(38)25(30)19-8-6-5-7-9-19/h10-13,18-19,22-23,25-26H,5-9,14-17,30H2,1-4H3,(H,31,36)/t22-,23+,25-,26-/m0/s1. The monoisotopic (exact) mass is 525 g/mol. The molecule has 4 rings (SSSR count). The van der Waals surface area contributed by atoms with Gasteiger partial charge in [-0.25, -0.2) is 0 Å². The number of benzene rings is 1. The number of likely N-dealkylation sites (tertiary alicyclic amines) is 2. The molecule has 1 aliphatic carbocycles. The molecule has 0 spiro atoms. The maximum absolute atomic E-state index is 13.8. The fourth-order valence-electron chi connectivity index (χ4n) is 6.29. The van der Waals surface area contributed by atoms with E-state index in [1.54, 1.807) is 21.9 Å². The van der Waals surface area contributed by atoms with E-state index >= 15 is 0 Å². The van der Waals surface area contributed by atoms with E-state index in [4.69, 9.17) is 5.73 Å². The second-order valence-corrected chi connectivity index (χ2v) is 11.8. The summed E-state index contributed by atoms with van der Waals surface area (Å²) in [4.78, 5) is 58.5. The first-order valence-corrected chi connectivity index (χ1v) is 14.1. The van der Waals surface area contributed by atoms with Crippen molar-refractivity contribution in [3.63, 3.8) is 0 Å². The average Bonchev–Trinajstić information content (AvgIpc) is 3.48. The van der Waals surface area contributed by atoms with Gasteiger partial charge in [0, 0.05) is 31.9 Å². The molecule has 1 aromatic carbocycles. The van der Waals surface area contributed by atoms with Gasteiger partial charge >= 0.3 is 0 Å². The van der Waals surface area contributed by atoms with E-state index in [9.17, 15) is 19.2 Å². The van der Waals surface area contributed by atoms with Gasteiger partial charge in [0.25, 0.3) is 5.91 Å². The van der Waals surface area contributed by atoms with Gasteiger partial charge in [0.05, 0.1) is 18.6 Å². The van der Waals surface area contributed by atoms with Gasteiger partial charge in [0.1, 0.15) is 12.1 Å². The predicted molar refractivity (Wildman–Crippen MR) is 147 cm³/mol. The summed E-state index contributed by atoms with van der Waals surface area (Å²) in [6, 6.07) is 4.84. The summed E-state index contributed by atoms with van der Waals surface area (Å²) in [5, 5.41) is 2.92. The van der Waals surface area contributed by atoms with Crippen molar-refractivity contribution in [2.24, 2.45) is 17.6 Å². The number of nitrogens with two attached hydrogens (primary N) is 1. The van der Waals surface area contributed by atoms with Crippen LogP contribution in [-0.2, 0) is 14.4 Å². The van der Waals surface area contributed by atoms with E-state index in [1.807, 2.05) is 45.0 Å². The Morgan fingerprint density at radius 1 is 1.00 bits per heavy atom. The first-order valence-electron chi connectivity index (χ1n) is 14.1. The van der Waals surface area contributed by atoms with Gasteiger partial charge in [-0.1, -0.05) is 33.1 Å². The molecule has 0 unspecified atom stereocenters. The molecule has 2 aliphatic heterocycles. The number of nitrogens with zero attached hydrogens (tertiary/aromatic N) is 3. The third kappa shape index (κ3) is 5.87. The summed E-state index contributed by atoms with van der Waals surface area (Å²) in [5.41, 5.74) is 7.85. The minimum absolute atomic E-state index is 0.00219. The number of carbonyl (C=O) groups is 4. The summed E-state index contributed by atoms with van der Waals surface area (Å²) in [5.74, 6) is -0.562. The van der Waals surface area contributed by atoms with Crippen molar-refractivity contribution in [3.05, 3.63) is 29.8 Å². The Bertz CT molecular complexity index is 1030. The topological polar surface area (TPSA) is 116 Å². The molecule has 1 saturated carbocycles. The Hall–Kier alpha value is -2.94. The van der Waals surface area contributed by atoms with Crippen LogP contribution in [0.1, 0.15) is 69.2 Å². The largest absolute Gasteiger partial charge is 0.378 e. The van der Waals surface area contributed by atoms with E-state index in [1.165, 1.54) is 6.42 Å². The molecule has 208 valence electrons. The minimum Gasteiger partial charge on any atom is -0.378 e. The van der Waals surface area contributed by atoms with E-state index in [-0.39, 0.29) is 47.9 Å². The van der Waals surface area contributed by atoms with Crippen molar-refractivity contribution in [3.8, 4) is 0 Å². The lowest BCUT2D eigenvalue weighted by Gasteiger charge is -2.32. The van der Waals surface area contributed by atoms with E-state index in [0.717, 1.165) is 31.4 Å². The first-order chi connectivity index (χ1) is 18.1. The number of carbonyl (C=O) groups excluding carboxylic acids is 4. The van der Waals surface area contributed by atoms with Gasteiger partial charge in [0.2, 0.25) is 11.8 Å². The van der Waals surface area contributed by atoms with Crippen LogP contribution in [0, 0.1) is 11.8 Å². The summed E-state index contributed by atoms with van der Waals surface area (Å²) in [6.07, 6.45) is 6.24. The van der Waals surface area contributed by atoms with Crippen molar-refractivity contribution in [1.29, 1.82) is 0 Å². The molecular formula is C29H43N5O4. The number of amides is 3. The number of rotatable bonds is 8. The number of nitrogens with one attached hydrogen (secondary N) is 1. The van der Waals surface area contributed by atoms with Crippen LogP contribution in [-0.4, -0.2) is 84.7 Å². The van der Waals surface area contributed by atoms with Gasteiger partial charge < -0.3 is 25.8 Å². The number of fused-ring (bicyclic) bond motifs is 1. The summed E-state index contributed by atoms with van der Waals surface area (Å²) in [6.45, 7) is 4.37. The molecule has 3 N–H and O–H groups in total. The third-order valence-electron chi connectivity index (χ3n) is 8.39. The molecule has 9 heteroatoms. The molecule has 2 heterocycles. The van der Waals surface area contributed by atoms with Crippen LogP contribution in [0.4, 0.5) is 5.69 Å². The molecule has 38 heavy (non-hydrogen) atoms. The first kappa shape index (κ1) is 28.1. The van der Waals surface area contributed by atoms with Crippen molar-refractivity contribution in [1.82, 2.24) is 15.1 Å². The lowest BCUT2D eigenvalue weighted by atomic mass is 9.83. The summed E-state index contributed by atoms with van der Waals surface area (Å²) >= 11 is 0. The molecule has 3 fully saturated rings. The molecule has 9 nitrogen and oxygen atoms in total. The van der Waals surface area contributed by atoms with Crippen LogP contribution in [0.3, 0.4) is 0 Å². The van der Waals surface area contributed by atoms with E-state index in [2.05, 4.69) is 5.32 Å². The van der Waals surface area contributed by atoms with Crippen LogP contribution in [0.15, 0.2) is 24.3 Å². The van der Waals surface area contributed by atoms with Crippen molar-refractivity contribution in [2.45, 2.75) is 83.0 Å². The van der Waals surface area contributed by atoms with Crippen LogP contribution in [0.2, 0.25) is 0 Å². The predicted octanol–water partition coefficient (Wildman–Crippen LogP) is 2.19. The molecule has 0 aromatic heterocycles. The van der Waals surface area contributed by atoms with Gasteiger partial charge in [-0.05, 0) is 61.8 Å². The Kier molecular flexibility index (Phi) is 8.75. The number of hydrogen-bond donors (Lipinski definition) is 2. The fourth-order valence-corrected chi connectivity index (χ4v) is 6.29. The number of Topliss-reactive ketones (excluding diaryl/α,β-unsaturated/α-hetero) is 1. The third-order valence-corrected chi connectivity index (χ3v) is 8.39. The Labute approximate surface area is 226 Å². The fraction of sp³-hybridized carbons (Fsp3) is 0.655. The van der Waals surface area contributed by atoms with Crippen molar-refractivity contribution < 1.29 is 19.2 Å². The zero-order valence-corrected chi connectivity index (χ0v) is 23.2. The number of hydrogen-bond acceptors (Lipinski definition) is 6. The Morgan fingerprint density at radius 2 is 1.66 bits per heavy atom. The summed E-state index contributed by atoms with van der Waals surface area (Å²) < 4.78 is 0. The smallest absolute Gasteiger partial charge is 0.251 e. The Balaban J connectivity index is 1.46. The maximum Gasteiger partial charge on any atom is 0.251 e. The van der Waals surface area contributed by atoms with E-state index in [0.29, 0.717) is 24.9 Å². The second kappa shape index (κ2) is 11.8. The number of ketones is 1. The van der Waals surface area contributed by atoms with Crippen LogP contribution >= 0.6 is 0 Å². The lowest BCUT2D eigenvalue weighted by Crippen LogP contribution is -2.53. The van der Waals surface area contributed by atoms with Gasteiger partial charge in [0.15, 0.2) is 5.78 Å². The normalized spacial score (nSPS) is 23.4. The molecule has 1 aromatic rings. The molecule has 0 bridgehead atoms. The molecule has 3 aliphatic rings. The maximum atomic E-state index is 13.8. The van der Waals surface area contributed by atoms with Crippen molar-refractivity contribution >= 4 is 29.2 Å². The highest BCUT2D eigenvalue weighted by Gasteiger charge is 2.53. The summed E-state index contributed by atoms with van der Waals surface area (Å²) in [7, 11) is 3.86. The van der Waals surface area contributed by atoms with Crippen LogP contribution in [0.5, 0.6) is 0 Å². The highest BCUT2D eigenvalue weighted by atomic mass is 16.2. The van der Waals surface area contributed by atoms with Gasteiger partial charge in [-0.2, -0.15) is 0 Å². The van der Waals surface area contributed by atoms with Gasteiger partial charge in [-0.15, -0.1) is 0 Å². The second-order valence-electron chi connectivity index (χ2n) is 11.8. The Morgan fingerprint density at radius 3 is 2.26 bits per heavy atom. The molecule has 4 atom stereocenters. The lowest BCUT2D eigenvalue weighted by molar-refractivity contribution is -0.138. The van der Waals surface area contributed by atoms with E-state index < -0.39 is 18.1 Å². The molecule has 3 amide bonds. The zero-order valence-electron chi connectivity index (χ0n) is 23.2. The molecular weight excluding hydrogens is 482 g/mol. The molecule has 0 radical (unpaired) electrons. The van der Waals surface area contributed by atoms with Gasteiger partial charge in [-0.3, -0.25) is 19.2 Å². The number of anilines is 1. The quantitative estimate of drug-likeness (QED) is 0.538. The zero-order chi connectivity index (χ0) is 27.6. The average molecular weight is 526 g/mol. The highest BCUT2D eigenvalue weighted by Crippen LogP contribution is 2.33. The molecule has 2 saturated heterocycles. The highest BCUT2D eigenvalue weighted by molar-refractivity contribution is 6.01.